The van der Waals surface area contributed by atoms with Gasteiger partial charge in [-0.2, -0.15) is 0 Å². The van der Waals surface area contributed by atoms with Crippen LogP contribution in [0.25, 0.3) is 16.9 Å². The highest BCUT2D eigenvalue weighted by Gasteiger charge is 2.21. The van der Waals surface area contributed by atoms with Crippen molar-refractivity contribution in [1.29, 1.82) is 0 Å². The summed E-state index contributed by atoms with van der Waals surface area (Å²) in [4.78, 5) is 26.9. The molecule has 0 aliphatic rings. The number of imidazole rings is 1. The van der Waals surface area contributed by atoms with Crippen LogP contribution in [0.3, 0.4) is 0 Å². The first-order chi connectivity index (χ1) is 13.0. The molecule has 6 heteroatoms. The van der Waals surface area contributed by atoms with E-state index in [4.69, 9.17) is 0 Å². The number of H-pyrrole nitrogens is 1. The predicted molar refractivity (Wildman–Crippen MR) is 105 cm³/mol. The topological polar surface area (TPSA) is 66.8 Å². The van der Waals surface area contributed by atoms with Crippen LogP contribution in [0.1, 0.15) is 27.6 Å². The van der Waals surface area contributed by atoms with E-state index in [2.05, 4.69) is 15.0 Å². The van der Waals surface area contributed by atoms with Gasteiger partial charge in [0.05, 0.1) is 23.1 Å². The summed E-state index contributed by atoms with van der Waals surface area (Å²) in [5.74, 6) is 1.54. The second-order valence-electron chi connectivity index (χ2n) is 6.67. The van der Waals surface area contributed by atoms with Gasteiger partial charge in [0.1, 0.15) is 11.6 Å². The van der Waals surface area contributed by atoms with Gasteiger partial charge in [-0.3, -0.25) is 4.79 Å². The molecule has 0 aliphatic carbocycles. The zero-order valence-corrected chi connectivity index (χ0v) is 15.6. The number of fused-ring (bicyclic) bond motifs is 1. The average Bonchev–Trinajstić information content (AvgIpc) is 3.21. The number of carbonyl (C=O) groups is 1. The summed E-state index contributed by atoms with van der Waals surface area (Å²) in [5.41, 5.74) is 4.42. The SMILES string of the molecule is Cc1cc(C(=O)N(C)Cc2nc3ccccc3[nH]2)c(C)n1-c1ccccn1. The molecule has 0 saturated heterocycles. The Morgan fingerprint density at radius 1 is 1.15 bits per heavy atom. The molecule has 1 N–H and O–H groups in total. The van der Waals surface area contributed by atoms with Gasteiger partial charge in [-0.25, -0.2) is 9.97 Å². The number of benzene rings is 1. The first-order valence-corrected chi connectivity index (χ1v) is 8.84. The highest BCUT2D eigenvalue weighted by molar-refractivity contribution is 5.95. The molecule has 136 valence electrons. The maximum atomic E-state index is 13.0. The summed E-state index contributed by atoms with van der Waals surface area (Å²) in [6.07, 6.45) is 1.75. The zero-order chi connectivity index (χ0) is 19.0. The molecule has 0 saturated carbocycles. The van der Waals surface area contributed by atoms with Crippen molar-refractivity contribution in [2.75, 3.05) is 7.05 Å². The minimum absolute atomic E-state index is 0.0364. The van der Waals surface area contributed by atoms with Crippen LogP contribution in [-0.2, 0) is 6.54 Å². The van der Waals surface area contributed by atoms with Crippen LogP contribution in [0.5, 0.6) is 0 Å². The number of aromatic nitrogens is 4. The lowest BCUT2D eigenvalue weighted by Gasteiger charge is -2.16. The average molecular weight is 359 g/mol. The molecule has 4 rings (SSSR count). The molecule has 6 nitrogen and oxygen atoms in total. The summed E-state index contributed by atoms with van der Waals surface area (Å²) in [6, 6.07) is 15.5. The summed E-state index contributed by atoms with van der Waals surface area (Å²) in [7, 11) is 1.79. The maximum absolute atomic E-state index is 13.0. The number of amides is 1. The van der Waals surface area contributed by atoms with Crippen LogP contribution in [0, 0.1) is 13.8 Å². The molecule has 0 atom stereocenters. The highest BCUT2D eigenvalue weighted by Crippen LogP contribution is 2.21. The molecule has 0 radical (unpaired) electrons. The first kappa shape index (κ1) is 17.0. The van der Waals surface area contributed by atoms with E-state index in [0.29, 0.717) is 12.1 Å². The highest BCUT2D eigenvalue weighted by atomic mass is 16.2. The molecule has 3 aromatic heterocycles. The van der Waals surface area contributed by atoms with Gasteiger partial charge >= 0.3 is 0 Å². The van der Waals surface area contributed by atoms with Crippen LogP contribution >= 0.6 is 0 Å². The smallest absolute Gasteiger partial charge is 0.255 e. The minimum Gasteiger partial charge on any atom is -0.340 e. The van der Waals surface area contributed by atoms with Crippen LogP contribution < -0.4 is 0 Å². The van der Waals surface area contributed by atoms with Crippen LogP contribution in [0.4, 0.5) is 0 Å². The third kappa shape index (κ3) is 3.10. The number of hydrogen-bond acceptors (Lipinski definition) is 3. The second-order valence-corrected chi connectivity index (χ2v) is 6.67. The Kier molecular flexibility index (Phi) is 4.24. The number of carbonyl (C=O) groups excluding carboxylic acids is 1. The van der Waals surface area contributed by atoms with Crippen LogP contribution in [0.2, 0.25) is 0 Å². The van der Waals surface area contributed by atoms with Crippen molar-refractivity contribution in [3.8, 4) is 5.82 Å². The van der Waals surface area contributed by atoms with E-state index in [0.717, 1.165) is 34.1 Å². The van der Waals surface area contributed by atoms with Gasteiger partial charge in [-0.15, -0.1) is 0 Å². The normalized spacial score (nSPS) is 11.1. The van der Waals surface area contributed by atoms with Gasteiger partial charge in [0, 0.05) is 24.6 Å². The lowest BCUT2D eigenvalue weighted by molar-refractivity contribution is 0.0781. The zero-order valence-electron chi connectivity index (χ0n) is 15.6. The summed E-state index contributed by atoms with van der Waals surface area (Å²) in [5, 5.41) is 0. The Balaban J connectivity index is 1.60. The largest absolute Gasteiger partial charge is 0.340 e. The van der Waals surface area contributed by atoms with Crippen molar-refractivity contribution < 1.29 is 4.79 Å². The van der Waals surface area contributed by atoms with Gasteiger partial charge in [-0.05, 0) is 44.2 Å². The van der Waals surface area contributed by atoms with Crippen LogP contribution in [-0.4, -0.2) is 37.4 Å². The van der Waals surface area contributed by atoms with Crippen LogP contribution in [0.15, 0.2) is 54.7 Å². The second kappa shape index (κ2) is 6.72. The molecule has 4 aromatic rings. The Labute approximate surface area is 157 Å². The Bertz CT molecular complexity index is 1080. The molecule has 0 spiro atoms. The van der Waals surface area contributed by atoms with Crippen molar-refractivity contribution >= 4 is 16.9 Å². The monoisotopic (exact) mass is 359 g/mol. The minimum atomic E-state index is -0.0364. The summed E-state index contributed by atoms with van der Waals surface area (Å²) < 4.78 is 2.00. The number of nitrogens with one attached hydrogen (secondary N) is 1. The summed E-state index contributed by atoms with van der Waals surface area (Å²) >= 11 is 0. The van der Waals surface area contributed by atoms with E-state index in [9.17, 15) is 4.79 Å². The fraction of sp³-hybridized carbons (Fsp3) is 0.190. The predicted octanol–water partition coefficient (Wildman–Crippen LogP) is 3.64. The molecule has 3 heterocycles. The first-order valence-electron chi connectivity index (χ1n) is 8.84. The quantitative estimate of drug-likeness (QED) is 0.605. The molecule has 1 amide bonds. The number of hydrogen-bond donors (Lipinski definition) is 1. The maximum Gasteiger partial charge on any atom is 0.255 e. The third-order valence-corrected chi connectivity index (χ3v) is 4.71. The molecule has 0 bridgehead atoms. The van der Waals surface area contributed by atoms with Gasteiger partial charge < -0.3 is 14.5 Å². The van der Waals surface area contributed by atoms with Crippen molar-refractivity contribution in [3.05, 3.63) is 77.5 Å². The lowest BCUT2D eigenvalue weighted by Crippen LogP contribution is -2.27. The number of nitrogens with zero attached hydrogens (tertiary/aromatic N) is 4. The van der Waals surface area contributed by atoms with E-state index in [1.807, 2.05) is 66.9 Å². The molecule has 0 aliphatic heterocycles. The van der Waals surface area contributed by atoms with Gasteiger partial charge in [-0.1, -0.05) is 18.2 Å². The number of rotatable bonds is 4. The van der Waals surface area contributed by atoms with E-state index in [1.54, 1.807) is 18.1 Å². The Morgan fingerprint density at radius 2 is 1.93 bits per heavy atom. The van der Waals surface area contributed by atoms with E-state index < -0.39 is 0 Å². The lowest BCUT2D eigenvalue weighted by atomic mass is 10.2. The summed E-state index contributed by atoms with van der Waals surface area (Å²) in [6.45, 7) is 4.35. The fourth-order valence-corrected chi connectivity index (χ4v) is 3.40. The molecular weight excluding hydrogens is 338 g/mol. The Hall–Kier alpha value is -3.41. The number of aryl methyl sites for hydroxylation is 1. The third-order valence-electron chi connectivity index (χ3n) is 4.71. The van der Waals surface area contributed by atoms with E-state index >= 15 is 0 Å². The van der Waals surface area contributed by atoms with E-state index in [-0.39, 0.29) is 5.91 Å². The van der Waals surface area contributed by atoms with Gasteiger partial charge in [0.25, 0.3) is 5.91 Å². The van der Waals surface area contributed by atoms with Crippen molar-refractivity contribution in [3.63, 3.8) is 0 Å². The number of aromatic amines is 1. The molecule has 0 fully saturated rings. The fourth-order valence-electron chi connectivity index (χ4n) is 3.40. The van der Waals surface area contributed by atoms with Crippen molar-refractivity contribution in [2.45, 2.75) is 20.4 Å². The molecule has 27 heavy (non-hydrogen) atoms. The Morgan fingerprint density at radius 3 is 2.67 bits per heavy atom. The number of para-hydroxylation sites is 2. The molecule has 0 unspecified atom stereocenters. The number of pyridine rings is 1. The van der Waals surface area contributed by atoms with Gasteiger partial charge in [0.15, 0.2) is 0 Å². The van der Waals surface area contributed by atoms with Gasteiger partial charge in [0.2, 0.25) is 0 Å². The molecule has 1 aromatic carbocycles. The van der Waals surface area contributed by atoms with E-state index in [1.165, 1.54) is 0 Å². The standard InChI is InChI=1S/C21H21N5O/c1-14-12-16(15(2)26(14)20-10-6-7-11-22-20)21(27)25(3)13-19-23-17-8-4-5-9-18(17)24-19/h4-12H,13H2,1-3H3,(H,23,24). The molecular formula is C21H21N5O. The van der Waals surface area contributed by atoms with Crippen molar-refractivity contribution in [1.82, 2.24) is 24.4 Å². The van der Waals surface area contributed by atoms with Crippen molar-refractivity contribution in [2.24, 2.45) is 0 Å².